The number of primary sulfonamides is 1. The number of nitrogens with two attached hydrogens (primary N) is 1. The standard InChI is InChI=1S/C23H24F4N6O6S2/c1-14-29-31-33(30-14)12-16-10-17(23(25,26)27)3-2-15(16)13-39-22(34)32-8-6-18(7-9-32)40(35,36)21-5-4-19(11-20(21)24)41(28,37)38/h2-5,10-11,18H,6-9,12-13H2,1H3,(H2,28,37,38). The van der Waals surface area contributed by atoms with E-state index in [1.54, 1.807) is 6.92 Å². The third kappa shape index (κ3) is 6.99. The van der Waals surface area contributed by atoms with Crippen molar-refractivity contribution in [1.29, 1.82) is 0 Å². The number of hydrogen-bond acceptors (Lipinski definition) is 9. The normalized spacial score (nSPS) is 15.2. The monoisotopic (exact) mass is 620 g/mol. The van der Waals surface area contributed by atoms with Crippen molar-refractivity contribution in [3.63, 3.8) is 0 Å². The molecule has 0 radical (unpaired) electrons. The van der Waals surface area contributed by atoms with Gasteiger partial charge < -0.3 is 9.64 Å². The largest absolute Gasteiger partial charge is 0.445 e. The first-order chi connectivity index (χ1) is 19.1. The number of rotatable bonds is 7. The Bertz CT molecular complexity index is 1670. The first-order valence-electron chi connectivity index (χ1n) is 12.0. The van der Waals surface area contributed by atoms with Gasteiger partial charge in [-0.1, -0.05) is 6.07 Å². The van der Waals surface area contributed by atoms with E-state index < -0.39 is 58.6 Å². The fraction of sp³-hybridized carbons (Fsp3) is 0.391. The molecule has 0 atom stereocenters. The van der Waals surface area contributed by atoms with E-state index in [9.17, 15) is 39.2 Å². The highest BCUT2D eigenvalue weighted by atomic mass is 32.2. The van der Waals surface area contributed by atoms with Crippen LogP contribution in [0.3, 0.4) is 0 Å². The Morgan fingerprint density at radius 3 is 2.32 bits per heavy atom. The van der Waals surface area contributed by atoms with Crippen LogP contribution in [0.5, 0.6) is 0 Å². The fourth-order valence-electron chi connectivity index (χ4n) is 4.28. The number of tetrazole rings is 1. The van der Waals surface area contributed by atoms with E-state index in [0.29, 0.717) is 11.9 Å². The molecule has 1 saturated heterocycles. The van der Waals surface area contributed by atoms with Gasteiger partial charge in [0.25, 0.3) is 0 Å². The first-order valence-corrected chi connectivity index (χ1v) is 15.1. The maximum absolute atomic E-state index is 14.5. The third-order valence-electron chi connectivity index (χ3n) is 6.43. The maximum Gasteiger partial charge on any atom is 0.416 e. The number of carbonyl (C=O) groups excluding carboxylic acids is 1. The summed E-state index contributed by atoms with van der Waals surface area (Å²) in [6, 6.07) is 5.22. The number of carbonyl (C=O) groups is 1. The van der Waals surface area contributed by atoms with E-state index in [4.69, 9.17) is 9.88 Å². The quantitative estimate of drug-likeness (QED) is 0.390. The van der Waals surface area contributed by atoms with Gasteiger partial charge in [0.15, 0.2) is 15.7 Å². The number of alkyl halides is 3. The molecule has 18 heteroatoms. The molecule has 0 saturated carbocycles. The molecule has 3 aromatic rings. The molecule has 1 aliphatic heterocycles. The van der Waals surface area contributed by atoms with Crippen molar-refractivity contribution in [3.8, 4) is 0 Å². The molecule has 2 N–H and O–H groups in total. The van der Waals surface area contributed by atoms with Crippen molar-refractivity contribution in [1.82, 2.24) is 25.1 Å². The molecule has 222 valence electrons. The smallest absolute Gasteiger partial charge is 0.416 e. The molecule has 4 rings (SSSR count). The predicted octanol–water partition coefficient (Wildman–Crippen LogP) is 2.41. The molecule has 2 heterocycles. The summed E-state index contributed by atoms with van der Waals surface area (Å²) in [6.07, 6.45) is -5.54. The van der Waals surface area contributed by atoms with Crippen LogP contribution >= 0.6 is 0 Å². The lowest BCUT2D eigenvalue weighted by molar-refractivity contribution is -0.137. The molecule has 12 nitrogen and oxygen atoms in total. The van der Waals surface area contributed by atoms with Crippen LogP contribution in [-0.4, -0.2) is 66.4 Å². The Kier molecular flexibility index (Phi) is 8.38. The zero-order chi connectivity index (χ0) is 30.2. The number of benzene rings is 2. The highest BCUT2D eigenvalue weighted by Crippen LogP contribution is 2.31. The van der Waals surface area contributed by atoms with Crippen LogP contribution in [0.15, 0.2) is 46.2 Å². The Hall–Kier alpha value is -3.64. The molecule has 2 aromatic carbocycles. The van der Waals surface area contributed by atoms with Gasteiger partial charge in [0.1, 0.15) is 17.3 Å². The van der Waals surface area contributed by atoms with Gasteiger partial charge >= 0.3 is 12.3 Å². The summed E-state index contributed by atoms with van der Waals surface area (Å²) >= 11 is 0. The average Bonchev–Trinajstić information content (AvgIpc) is 3.30. The minimum atomic E-state index is -4.60. The second kappa shape index (κ2) is 11.3. The molecule has 0 unspecified atom stereocenters. The van der Waals surface area contributed by atoms with Gasteiger partial charge in [0, 0.05) is 13.1 Å². The van der Waals surface area contributed by atoms with Gasteiger partial charge in [0.2, 0.25) is 10.0 Å². The van der Waals surface area contributed by atoms with Crippen LogP contribution in [0, 0.1) is 12.7 Å². The second-order valence-corrected chi connectivity index (χ2v) is 13.0. The van der Waals surface area contributed by atoms with Crippen molar-refractivity contribution in [2.24, 2.45) is 5.14 Å². The molecule has 0 aliphatic carbocycles. The SMILES string of the molecule is Cc1nnn(Cc2cc(C(F)(F)F)ccc2COC(=O)N2CCC(S(=O)(=O)c3ccc(S(N)(=O)=O)cc3F)CC2)n1. The number of aryl methyl sites for hydroxylation is 1. The number of sulfonamides is 1. The minimum Gasteiger partial charge on any atom is -0.445 e. The van der Waals surface area contributed by atoms with Gasteiger partial charge in [-0.15, -0.1) is 10.2 Å². The van der Waals surface area contributed by atoms with E-state index >= 15 is 0 Å². The van der Waals surface area contributed by atoms with Crippen molar-refractivity contribution in [2.45, 2.75) is 54.1 Å². The Labute approximate surface area is 232 Å². The maximum atomic E-state index is 14.5. The number of ether oxygens (including phenoxy) is 1. The summed E-state index contributed by atoms with van der Waals surface area (Å²) in [5, 5.41) is 15.3. The zero-order valence-corrected chi connectivity index (χ0v) is 23.0. The van der Waals surface area contributed by atoms with E-state index in [1.807, 2.05) is 0 Å². The van der Waals surface area contributed by atoms with Crippen LogP contribution in [0.4, 0.5) is 22.4 Å². The Morgan fingerprint density at radius 2 is 1.76 bits per heavy atom. The lowest BCUT2D eigenvalue weighted by atomic mass is 10.0. The number of sulfone groups is 1. The van der Waals surface area contributed by atoms with Crippen molar-refractivity contribution < 1.29 is 43.9 Å². The highest BCUT2D eigenvalue weighted by molar-refractivity contribution is 7.92. The lowest BCUT2D eigenvalue weighted by Gasteiger charge is -2.31. The molecule has 1 amide bonds. The van der Waals surface area contributed by atoms with Crippen molar-refractivity contribution in [3.05, 3.63) is 64.7 Å². The number of hydrogen-bond donors (Lipinski definition) is 1. The molecule has 41 heavy (non-hydrogen) atoms. The molecule has 1 fully saturated rings. The predicted molar refractivity (Wildman–Crippen MR) is 133 cm³/mol. The fourth-order valence-corrected chi connectivity index (χ4v) is 6.59. The first kappa shape index (κ1) is 30.3. The summed E-state index contributed by atoms with van der Waals surface area (Å²) in [4.78, 5) is 13.8. The second-order valence-electron chi connectivity index (χ2n) is 9.27. The van der Waals surface area contributed by atoms with Crippen LogP contribution in [-0.2, 0) is 43.9 Å². The summed E-state index contributed by atoms with van der Waals surface area (Å²) in [5.41, 5.74) is -0.471. The van der Waals surface area contributed by atoms with Gasteiger partial charge in [-0.2, -0.15) is 18.0 Å². The van der Waals surface area contributed by atoms with E-state index in [0.717, 1.165) is 29.1 Å². The summed E-state index contributed by atoms with van der Waals surface area (Å²) in [5.74, 6) is -0.944. The molecular formula is C23H24F4N6O6S2. The van der Waals surface area contributed by atoms with E-state index in [-0.39, 0.29) is 50.2 Å². The number of halogens is 4. The number of nitrogens with zero attached hydrogens (tertiary/aromatic N) is 5. The Morgan fingerprint density at radius 1 is 1.07 bits per heavy atom. The van der Waals surface area contributed by atoms with Crippen LogP contribution < -0.4 is 5.14 Å². The number of amides is 1. The van der Waals surface area contributed by atoms with Gasteiger partial charge in [0.05, 0.1) is 22.3 Å². The van der Waals surface area contributed by atoms with Gasteiger partial charge in [-0.25, -0.2) is 31.2 Å². The van der Waals surface area contributed by atoms with Gasteiger partial charge in [-0.3, -0.25) is 0 Å². The summed E-state index contributed by atoms with van der Waals surface area (Å²) < 4.78 is 108. The molecule has 1 aliphatic rings. The van der Waals surface area contributed by atoms with Gasteiger partial charge in [-0.05, 0) is 66.4 Å². The Balaban J connectivity index is 1.41. The molecule has 0 bridgehead atoms. The van der Waals surface area contributed by atoms with Crippen molar-refractivity contribution in [2.75, 3.05) is 13.1 Å². The van der Waals surface area contributed by atoms with E-state index in [2.05, 4.69) is 15.4 Å². The average molecular weight is 621 g/mol. The summed E-state index contributed by atoms with van der Waals surface area (Å²) in [6.45, 7) is 0.923. The number of piperidine rings is 1. The third-order valence-corrected chi connectivity index (χ3v) is 9.63. The van der Waals surface area contributed by atoms with Crippen LogP contribution in [0.2, 0.25) is 0 Å². The van der Waals surface area contributed by atoms with Crippen LogP contribution in [0.25, 0.3) is 0 Å². The molecule has 1 aromatic heterocycles. The highest BCUT2D eigenvalue weighted by Gasteiger charge is 2.35. The zero-order valence-electron chi connectivity index (χ0n) is 21.4. The lowest BCUT2D eigenvalue weighted by Crippen LogP contribution is -2.42. The number of likely N-dealkylation sites (tertiary alicyclic amines) is 1. The molecule has 0 spiro atoms. The number of aromatic nitrogens is 4. The van der Waals surface area contributed by atoms with Crippen molar-refractivity contribution >= 4 is 26.0 Å². The minimum absolute atomic E-state index is 0.0539. The molecular weight excluding hydrogens is 596 g/mol. The summed E-state index contributed by atoms with van der Waals surface area (Å²) in [7, 11) is -8.44. The topological polar surface area (TPSA) is 167 Å². The van der Waals surface area contributed by atoms with Crippen LogP contribution in [0.1, 0.15) is 35.4 Å². The van der Waals surface area contributed by atoms with E-state index in [1.165, 1.54) is 11.0 Å².